The summed E-state index contributed by atoms with van der Waals surface area (Å²) < 4.78 is 0. The first-order valence-corrected chi connectivity index (χ1v) is 8.22. The van der Waals surface area contributed by atoms with E-state index in [4.69, 9.17) is 0 Å². The van der Waals surface area contributed by atoms with E-state index in [0.29, 0.717) is 23.2 Å². The number of amides is 1. The average Bonchev–Trinajstić information content (AvgIpc) is 2.63. The van der Waals surface area contributed by atoms with Crippen LogP contribution in [0.3, 0.4) is 0 Å². The van der Waals surface area contributed by atoms with Crippen molar-refractivity contribution in [1.29, 1.82) is 0 Å². The maximum absolute atomic E-state index is 13.3. The van der Waals surface area contributed by atoms with Gasteiger partial charge >= 0.3 is 0 Å². The van der Waals surface area contributed by atoms with E-state index in [9.17, 15) is 9.59 Å². The van der Waals surface area contributed by atoms with Crippen molar-refractivity contribution >= 4 is 17.3 Å². The van der Waals surface area contributed by atoms with Gasteiger partial charge in [0.05, 0.1) is 5.56 Å². The number of Topliss-reactive ketones (excluding diaryl/α,β-unsaturated/α-hetero) is 1. The Kier molecular flexibility index (Phi) is 4.10. The average molecular weight is 319 g/mol. The molecule has 24 heavy (non-hydrogen) atoms. The van der Waals surface area contributed by atoms with Crippen LogP contribution in [-0.4, -0.2) is 28.7 Å². The highest BCUT2D eigenvalue weighted by atomic mass is 16.2. The van der Waals surface area contributed by atoms with Crippen molar-refractivity contribution in [3.05, 3.63) is 77.9 Å². The van der Waals surface area contributed by atoms with Crippen LogP contribution in [0.1, 0.15) is 46.5 Å². The standard InChI is InChI=1S/C21H21NO2/c1-4-14-22-20(24)18-13-9-8-12-17(18)19(23)21(22,3)15(2)16-10-6-5-7-11-16/h5-13H,2,4,14H2,1,3H3. The molecule has 1 heterocycles. The normalized spacial score (nSPS) is 20.0. The number of benzene rings is 2. The lowest BCUT2D eigenvalue weighted by molar-refractivity contribution is 0.0506. The number of carbonyl (C=O) groups is 2. The minimum absolute atomic E-state index is 0.0694. The first-order valence-electron chi connectivity index (χ1n) is 8.22. The number of ketones is 1. The molecule has 1 unspecified atom stereocenters. The second kappa shape index (κ2) is 6.08. The van der Waals surface area contributed by atoms with E-state index in [-0.39, 0.29) is 11.7 Å². The van der Waals surface area contributed by atoms with Crippen LogP contribution in [0.15, 0.2) is 61.2 Å². The van der Waals surface area contributed by atoms with Crippen molar-refractivity contribution in [3.63, 3.8) is 0 Å². The molecule has 0 spiro atoms. The summed E-state index contributed by atoms with van der Waals surface area (Å²) in [5, 5.41) is 0. The smallest absolute Gasteiger partial charge is 0.255 e. The van der Waals surface area contributed by atoms with E-state index < -0.39 is 5.54 Å². The van der Waals surface area contributed by atoms with Gasteiger partial charge in [0.25, 0.3) is 5.91 Å². The van der Waals surface area contributed by atoms with Crippen molar-refractivity contribution < 1.29 is 9.59 Å². The molecule has 0 N–H and O–H groups in total. The van der Waals surface area contributed by atoms with Crippen molar-refractivity contribution in [2.24, 2.45) is 0 Å². The van der Waals surface area contributed by atoms with E-state index in [2.05, 4.69) is 6.58 Å². The fourth-order valence-electron chi connectivity index (χ4n) is 3.37. The van der Waals surface area contributed by atoms with Gasteiger partial charge in [-0.2, -0.15) is 0 Å². The highest BCUT2D eigenvalue weighted by molar-refractivity contribution is 6.21. The summed E-state index contributed by atoms with van der Waals surface area (Å²) in [7, 11) is 0. The minimum atomic E-state index is -1.07. The van der Waals surface area contributed by atoms with E-state index >= 15 is 0 Å². The molecule has 0 saturated carbocycles. The van der Waals surface area contributed by atoms with Gasteiger partial charge < -0.3 is 4.90 Å². The van der Waals surface area contributed by atoms with Gasteiger partial charge in [0.2, 0.25) is 0 Å². The van der Waals surface area contributed by atoms with Crippen molar-refractivity contribution in [2.45, 2.75) is 25.8 Å². The third-order valence-electron chi connectivity index (χ3n) is 4.79. The first kappa shape index (κ1) is 16.2. The van der Waals surface area contributed by atoms with Crippen molar-refractivity contribution in [2.75, 3.05) is 6.54 Å². The van der Waals surface area contributed by atoms with Gasteiger partial charge in [-0.15, -0.1) is 0 Å². The Balaban J connectivity index is 2.18. The molecule has 2 aromatic rings. The van der Waals surface area contributed by atoms with E-state index in [0.717, 1.165) is 12.0 Å². The Hall–Kier alpha value is -2.68. The molecule has 0 aromatic heterocycles. The fourth-order valence-corrected chi connectivity index (χ4v) is 3.37. The van der Waals surface area contributed by atoms with E-state index in [1.54, 1.807) is 29.2 Å². The molecule has 1 aliphatic rings. The maximum atomic E-state index is 13.3. The van der Waals surface area contributed by atoms with Crippen molar-refractivity contribution in [1.82, 2.24) is 4.90 Å². The Labute approximate surface area is 142 Å². The number of hydrogen-bond acceptors (Lipinski definition) is 2. The van der Waals surface area contributed by atoms with Crippen LogP contribution in [0, 0.1) is 0 Å². The summed E-state index contributed by atoms with van der Waals surface area (Å²) in [4.78, 5) is 28.0. The third kappa shape index (κ3) is 2.28. The van der Waals surface area contributed by atoms with Crippen LogP contribution in [0.4, 0.5) is 0 Å². The fraction of sp³-hybridized carbons (Fsp3) is 0.238. The minimum Gasteiger partial charge on any atom is -0.322 e. The molecule has 1 amide bonds. The maximum Gasteiger partial charge on any atom is 0.255 e. The lowest BCUT2D eigenvalue weighted by atomic mass is 9.75. The predicted octanol–water partition coefficient (Wildman–Crippen LogP) is 4.21. The van der Waals surface area contributed by atoms with Gasteiger partial charge in [-0.1, -0.05) is 62.0 Å². The zero-order chi connectivity index (χ0) is 17.3. The van der Waals surface area contributed by atoms with Crippen LogP contribution >= 0.6 is 0 Å². The van der Waals surface area contributed by atoms with Gasteiger partial charge in [-0.05, 0) is 30.5 Å². The van der Waals surface area contributed by atoms with Crippen LogP contribution in [0.5, 0.6) is 0 Å². The third-order valence-corrected chi connectivity index (χ3v) is 4.79. The van der Waals surface area contributed by atoms with Crippen LogP contribution in [0.2, 0.25) is 0 Å². The number of carbonyl (C=O) groups excluding carboxylic acids is 2. The molecule has 1 aliphatic heterocycles. The summed E-state index contributed by atoms with van der Waals surface area (Å²) in [6.07, 6.45) is 0.777. The predicted molar refractivity (Wildman–Crippen MR) is 96.0 cm³/mol. The number of nitrogens with zero attached hydrogens (tertiary/aromatic N) is 1. The van der Waals surface area contributed by atoms with Crippen LogP contribution < -0.4 is 0 Å². The SMILES string of the molecule is C=C(c1ccccc1)C1(C)C(=O)c2ccccc2C(=O)N1CCC. The molecule has 3 heteroatoms. The highest BCUT2D eigenvalue weighted by Gasteiger charge is 2.49. The molecule has 0 saturated heterocycles. The van der Waals surface area contributed by atoms with Crippen LogP contribution in [-0.2, 0) is 0 Å². The van der Waals surface area contributed by atoms with Crippen LogP contribution in [0.25, 0.3) is 5.57 Å². The van der Waals surface area contributed by atoms with Gasteiger partial charge in [-0.25, -0.2) is 0 Å². The highest BCUT2D eigenvalue weighted by Crippen LogP contribution is 2.39. The van der Waals surface area contributed by atoms with Gasteiger partial charge in [0.15, 0.2) is 5.78 Å². The van der Waals surface area contributed by atoms with Gasteiger partial charge in [0.1, 0.15) is 5.54 Å². The number of hydrogen-bond donors (Lipinski definition) is 0. The Morgan fingerprint density at radius 1 is 1.00 bits per heavy atom. The molecule has 0 fully saturated rings. The molecule has 0 radical (unpaired) electrons. The molecule has 2 aromatic carbocycles. The molecule has 3 nitrogen and oxygen atoms in total. The van der Waals surface area contributed by atoms with Gasteiger partial charge in [-0.3, -0.25) is 9.59 Å². The Bertz CT molecular complexity index is 810. The molecule has 122 valence electrons. The lowest BCUT2D eigenvalue weighted by Crippen LogP contribution is -2.59. The topological polar surface area (TPSA) is 37.4 Å². The monoisotopic (exact) mass is 319 g/mol. The molecule has 3 rings (SSSR count). The summed E-state index contributed by atoms with van der Waals surface area (Å²) in [6, 6.07) is 16.7. The molecule has 0 bridgehead atoms. The second-order valence-corrected chi connectivity index (χ2v) is 6.25. The largest absolute Gasteiger partial charge is 0.322 e. The van der Waals surface area contributed by atoms with E-state index in [1.165, 1.54) is 0 Å². The summed E-state index contributed by atoms with van der Waals surface area (Å²) in [6.45, 7) is 8.53. The van der Waals surface area contributed by atoms with E-state index in [1.807, 2.05) is 44.2 Å². The zero-order valence-corrected chi connectivity index (χ0v) is 14.1. The molecule has 0 aliphatic carbocycles. The number of rotatable bonds is 4. The molecular formula is C21H21NO2. The van der Waals surface area contributed by atoms with Gasteiger partial charge in [0, 0.05) is 12.1 Å². The summed E-state index contributed by atoms with van der Waals surface area (Å²) in [5.74, 6) is -0.174. The second-order valence-electron chi connectivity index (χ2n) is 6.25. The quantitative estimate of drug-likeness (QED) is 0.846. The summed E-state index contributed by atoms with van der Waals surface area (Å²) in [5.41, 5.74) is 1.43. The molecular weight excluding hydrogens is 298 g/mol. The number of fused-ring (bicyclic) bond motifs is 1. The van der Waals surface area contributed by atoms with Crippen molar-refractivity contribution in [3.8, 4) is 0 Å². The first-order chi connectivity index (χ1) is 11.5. The summed E-state index contributed by atoms with van der Waals surface area (Å²) >= 11 is 0. The molecule has 1 atom stereocenters. The Morgan fingerprint density at radius 3 is 2.21 bits per heavy atom. The zero-order valence-electron chi connectivity index (χ0n) is 14.1. The Morgan fingerprint density at radius 2 is 1.58 bits per heavy atom. The lowest BCUT2D eigenvalue weighted by Gasteiger charge is -2.45.